The summed E-state index contributed by atoms with van der Waals surface area (Å²) in [5.74, 6) is 2.43. The average Bonchev–Trinajstić information content (AvgIpc) is 3.14. The Morgan fingerprint density at radius 3 is 2.39 bits per heavy atom. The maximum absolute atomic E-state index is 6.15. The minimum Gasteiger partial charge on any atom is -0.497 e. The summed E-state index contributed by atoms with van der Waals surface area (Å²) in [6, 6.07) is 25.1. The number of nitrogens with one attached hydrogen (secondary N) is 1. The second kappa shape index (κ2) is 11.7. The number of ether oxygens (including phenoxy) is 3. The summed E-state index contributed by atoms with van der Waals surface area (Å²) in [6.45, 7) is 7.19. The lowest BCUT2D eigenvalue weighted by atomic mass is 9.96. The fourth-order valence-corrected chi connectivity index (χ4v) is 4.34. The first-order chi connectivity index (χ1) is 16.3. The Kier molecular flexibility index (Phi) is 8.23. The monoisotopic (exact) mass is 446 g/mol. The van der Waals surface area contributed by atoms with Gasteiger partial charge in [0.25, 0.3) is 0 Å². The molecule has 1 aliphatic rings. The zero-order valence-corrected chi connectivity index (χ0v) is 19.6. The maximum atomic E-state index is 6.15. The highest BCUT2D eigenvalue weighted by atomic mass is 16.5. The van der Waals surface area contributed by atoms with E-state index in [0.717, 1.165) is 55.4 Å². The second-order valence-corrected chi connectivity index (χ2v) is 8.23. The predicted molar refractivity (Wildman–Crippen MR) is 132 cm³/mol. The van der Waals surface area contributed by atoms with Crippen molar-refractivity contribution >= 4 is 0 Å². The molecule has 0 amide bonds. The molecule has 5 nitrogen and oxygen atoms in total. The number of methoxy groups -OCH3 is 1. The standard InChI is InChI=1S/C28H34N2O3/c1-3-32-27-20-24(12-15-26(27)33-21-22-8-5-4-6-9-22)28(30-18-7-16-29-17-19-30)23-10-13-25(31-2)14-11-23/h4-6,8-15,20,28-29H,3,7,16-19,21H2,1-2H3. The van der Waals surface area contributed by atoms with E-state index in [9.17, 15) is 0 Å². The van der Waals surface area contributed by atoms with E-state index in [2.05, 4.69) is 52.7 Å². The summed E-state index contributed by atoms with van der Waals surface area (Å²) in [6.07, 6.45) is 1.13. The predicted octanol–water partition coefficient (Wildman–Crippen LogP) is 5.06. The van der Waals surface area contributed by atoms with E-state index in [1.807, 2.05) is 37.3 Å². The molecule has 0 aromatic heterocycles. The van der Waals surface area contributed by atoms with Crippen LogP contribution in [0.15, 0.2) is 72.8 Å². The van der Waals surface area contributed by atoms with Crippen LogP contribution in [0.1, 0.15) is 36.1 Å². The van der Waals surface area contributed by atoms with Crippen molar-refractivity contribution in [3.05, 3.63) is 89.5 Å². The normalized spacial score (nSPS) is 15.5. The molecule has 1 atom stereocenters. The Labute approximate surface area is 197 Å². The summed E-state index contributed by atoms with van der Waals surface area (Å²) in [7, 11) is 1.70. The lowest BCUT2D eigenvalue weighted by molar-refractivity contribution is 0.238. The van der Waals surface area contributed by atoms with Crippen molar-refractivity contribution in [3.8, 4) is 17.2 Å². The maximum Gasteiger partial charge on any atom is 0.161 e. The van der Waals surface area contributed by atoms with Gasteiger partial charge in [0, 0.05) is 19.6 Å². The lowest BCUT2D eigenvalue weighted by Crippen LogP contribution is -2.33. The lowest BCUT2D eigenvalue weighted by Gasteiger charge is -2.32. The first-order valence-electron chi connectivity index (χ1n) is 11.8. The fraction of sp³-hybridized carbons (Fsp3) is 0.357. The van der Waals surface area contributed by atoms with Crippen molar-refractivity contribution in [2.24, 2.45) is 0 Å². The van der Waals surface area contributed by atoms with Crippen LogP contribution >= 0.6 is 0 Å². The average molecular weight is 447 g/mol. The quantitative estimate of drug-likeness (QED) is 0.498. The number of hydrogen-bond acceptors (Lipinski definition) is 5. The molecule has 33 heavy (non-hydrogen) atoms. The van der Waals surface area contributed by atoms with E-state index < -0.39 is 0 Å². The Morgan fingerprint density at radius 1 is 0.848 bits per heavy atom. The first-order valence-corrected chi connectivity index (χ1v) is 11.8. The molecule has 174 valence electrons. The molecule has 0 saturated carbocycles. The van der Waals surface area contributed by atoms with Gasteiger partial charge in [0.15, 0.2) is 11.5 Å². The molecule has 1 saturated heterocycles. The summed E-state index contributed by atoms with van der Waals surface area (Å²) >= 11 is 0. The Morgan fingerprint density at radius 2 is 1.64 bits per heavy atom. The van der Waals surface area contributed by atoms with Gasteiger partial charge < -0.3 is 19.5 Å². The summed E-state index contributed by atoms with van der Waals surface area (Å²) < 4.78 is 17.6. The number of hydrogen-bond donors (Lipinski definition) is 1. The molecule has 0 radical (unpaired) electrons. The minimum atomic E-state index is 0.137. The van der Waals surface area contributed by atoms with Crippen LogP contribution in [0.3, 0.4) is 0 Å². The molecular formula is C28H34N2O3. The summed E-state index contributed by atoms with van der Waals surface area (Å²) in [4.78, 5) is 2.55. The SMILES string of the molecule is CCOc1cc(C(c2ccc(OC)cc2)N2CCCNCC2)ccc1OCc1ccccc1. The van der Waals surface area contributed by atoms with Gasteiger partial charge in [-0.25, -0.2) is 0 Å². The van der Waals surface area contributed by atoms with Crippen molar-refractivity contribution in [1.82, 2.24) is 10.2 Å². The Hall–Kier alpha value is -3.02. The van der Waals surface area contributed by atoms with Gasteiger partial charge in [-0.05, 0) is 60.8 Å². The molecule has 1 unspecified atom stereocenters. The van der Waals surface area contributed by atoms with Gasteiger partial charge in [0.2, 0.25) is 0 Å². The van der Waals surface area contributed by atoms with Gasteiger partial charge in [-0.3, -0.25) is 4.90 Å². The highest BCUT2D eigenvalue weighted by Gasteiger charge is 2.24. The van der Waals surface area contributed by atoms with E-state index in [1.165, 1.54) is 11.1 Å². The van der Waals surface area contributed by atoms with Crippen molar-refractivity contribution in [3.63, 3.8) is 0 Å². The molecule has 1 fully saturated rings. The van der Waals surface area contributed by atoms with Crippen LogP contribution < -0.4 is 19.5 Å². The third-order valence-electron chi connectivity index (χ3n) is 5.99. The van der Waals surface area contributed by atoms with Crippen molar-refractivity contribution in [1.29, 1.82) is 0 Å². The number of rotatable bonds is 9. The second-order valence-electron chi connectivity index (χ2n) is 8.23. The van der Waals surface area contributed by atoms with Crippen LogP contribution in [0, 0.1) is 0 Å². The molecule has 0 aliphatic carbocycles. The van der Waals surface area contributed by atoms with E-state index in [1.54, 1.807) is 7.11 Å². The molecule has 3 aromatic rings. The van der Waals surface area contributed by atoms with Crippen LogP contribution in [-0.4, -0.2) is 44.8 Å². The van der Waals surface area contributed by atoms with Gasteiger partial charge in [0.05, 0.1) is 19.8 Å². The molecule has 1 heterocycles. The van der Waals surface area contributed by atoms with E-state index >= 15 is 0 Å². The Bertz CT molecular complexity index is 984. The van der Waals surface area contributed by atoms with Crippen LogP contribution in [0.2, 0.25) is 0 Å². The molecule has 0 spiro atoms. The molecule has 0 bridgehead atoms. The van der Waals surface area contributed by atoms with Crippen LogP contribution in [0.25, 0.3) is 0 Å². The van der Waals surface area contributed by atoms with Gasteiger partial charge in [-0.15, -0.1) is 0 Å². The molecule has 5 heteroatoms. The van der Waals surface area contributed by atoms with Gasteiger partial charge in [0.1, 0.15) is 12.4 Å². The van der Waals surface area contributed by atoms with E-state index in [0.29, 0.717) is 13.2 Å². The molecule has 4 rings (SSSR count). The van der Waals surface area contributed by atoms with Crippen LogP contribution in [-0.2, 0) is 6.61 Å². The first kappa shape index (κ1) is 23.1. The fourth-order valence-electron chi connectivity index (χ4n) is 4.34. The molecule has 3 aromatic carbocycles. The topological polar surface area (TPSA) is 43.0 Å². The van der Waals surface area contributed by atoms with Crippen LogP contribution in [0.5, 0.6) is 17.2 Å². The molecular weight excluding hydrogens is 412 g/mol. The Balaban J connectivity index is 1.65. The van der Waals surface area contributed by atoms with Crippen molar-refractivity contribution in [2.75, 3.05) is 39.9 Å². The third kappa shape index (κ3) is 6.06. The summed E-state index contributed by atoms with van der Waals surface area (Å²) in [5.41, 5.74) is 3.59. The number of nitrogens with zero attached hydrogens (tertiary/aromatic N) is 1. The number of benzene rings is 3. The molecule has 1 aliphatic heterocycles. The zero-order chi connectivity index (χ0) is 22.9. The van der Waals surface area contributed by atoms with Crippen molar-refractivity contribution < 1.29 is 14.2 Å². The van der Waals surface area contributed by atoms with Gasteiger partial charge in [-0.2, -0.15) is 0 Å². The summed E-state index contributed by atoms with van der Waals surface area (Å²) in [5, 5.41) is 3.52. The minimum absolute atomic E-state index is 0.137. The van der Waals surface area contributed by atoms with Gasteiger partial charge in [-0.1, -0.05) is 48.5 Å². The van der Waals surface area contributed by atoms with Crippen LogP contribution in [0.4, 0.5) is 0 Å². The van der Waals surface area contributed by atoms with Crippen molar-refractivity contribution in [2.45, 2.75) is 26.0 Å². The highest BCUT2D eigenvalue weighted by molar-refractivity contribution is 5.46. The third-order valence-corrected chi connectivity index (χ3v) is 5.99. The van der Waals surface area contributed by atoms with E-state index in [4.69, 9.17) is 14.2 Å². The molecule has 1 N–H and O–H groups in total. The zero-order valence-electron chi connectivity index (χ0n) is 19.6. The highest BCUT2D eigenvalue weighted by Crippen LogP contribution is 2.36. The van der Waals surface area contributed by atoms with E-state index in [-0.39, 0.29) is 6.04 Å². The smallest absolute Gasteiger partial charge is 0.161 e. The largest absolute Gasteiger partial charge is 0.497 e. The van der Waals surface area contributed by atoms with Gasteiger partial charge >= 0.3 is 0 Å².